The third-order valence-corrected chi connectivity index (χ3v) is 4.91. The summed E-state index contributed by atoms with van der Waals surface area (Å²) in [4.78, 5) is 33.7. The lowest BCUT2D eigenvalue weighted by Gasteiger charge is -2.18. The molecule has 1 unspecified atom stereocenters. The molecular formula is C22H35NO6. The fourth-order valence-corrected chi connectivity index (χ4v) is 2.42. The first-order valence-corrected chi connectivity index (χ1v) is 9.79. The van der Waals surface area contributed by atoms with Crippen molar-refractivity contribution in [3.8, 4) is 0 Å². The van der Waals surface area contributed by atoms with Crippen molar-refractivity contribution in [1.29, 1.82) is 0 Å². The molecular weight excluding hydrogens is 374 g/mol. The van der Waals surface area contributed by atoms with Gasteiger partial charge in [0.15, 0.2) is 0 Å². The van der Waals surface area contributed by atoms with Gasteiger partial charge in [-0.2, -0.15) is 0 Å². The van der Waals surface area contributed by atoms with Crippen molar-refractivity contribution in [1.82, 2.24) is 4.90 Å². The molecule has 0 heterocycles. The molecule has 0 aromatic heterocycles. The molecule has 0 radical (unpaired) electrons. The van der Waals surface area contributed by atoms with Crippen molar-refractivity contribution >= 4 is 17.9 Å². The van der Waals surface area contributed by atoms with Crippen molar-refractivity contribution < 1.29 is 29.3 Å². The van der Waals surface area contributed by atoms with Crippen LogP contribution in [0.3, 0.4) is 0 Å². The van der Waals surface area contributed by atoms with Crippen LogP contribution in [0.4, 0.5) is 0 Å². The van der Waals surface area contributed by atoms with Gasteiger partial charge in [0.1, 0.15) is 0 Å². The molecule has 1 rings (SSSR count). The van der Waals surface area contributed by atoms with E-state index in [0.29, 0.717) is 12.5 Å². The van der Waals surface area contributed by atoms with Gasteiger partial charge in [-0.3, -0.25) is 19.3 Å². The van der Waals surface area contributed by atoms with E-state index >= 15 is 0 Å². The predicted octanol–water partition coefficient (Wildman–Crippen LogP) is 3.77. The molecule has 1 atom stereocenters. The first-order valence-electron chi connectivity index (χ1n) is 9.79. The van der Waals surface area contributed by atoms with E-state index in [0.717, 1.165) is 18.4 Å². The van der Waals surface area contributed by atoms with Crippen molar-refractivity contribution in [2.24, 2.45) is 5.41 Å². The van der Waals surface area contributed by atoms with Crippen LogP contribution in [-0.2, 0) is 25.7 Å². The Labute approximate surface area is 173 Å². The van der Waals surface area contributed by atoms with E-state index < -0.39 is 11.9 Å². The minimum absolute atomic E-state index is 0.134. The summed E-state index contributed by atoms with van der Waals surface area (Å²) in [6, 6.07) is 7.89. The summed E-state index contributed by atoms with van der Waals surface area (Å²) in [5.74, 6) is -1.70. The second kappa shape index (κ2) is 12.9. The fourth-order valence-electron chi connectivity index (χ4n) is 2.42. The lowest BCUT2D eigenvalue weighted by atomic mass is 9.91. The SMILES string of the molecule is CCC(C)(C)C(=O)OC.CCC(C)c1ccc(CN(CC(=O)O)CC(=O)O)cc1. The van der Waals surface area contributed by atoms with E-state index in [-0.39, 0.29) is 24.5 Å². The smallest absolute Gasteiger partial charge is 0.317 e. The molecule has 0 aliphatic heterocycles. The molecule has 7 heteroatoms. The molecule has 1 aromatic carbocycles. The van der Waals surface area contributed by atoms with Crippen molar-refractivity contribution in [3.63, 3.8) is 0 Å². The fraction of sp³-hybridized carbons (Fsp3) is 0.591. The summed E-state index contributed by atoms with van der Waals surface area (Å²) in [6.07, 6.45) is 1.88. The Morgan fingerprint density at radius 3 is 1.83 bits per heavy atom. The summed E-state index contributed by atoms with van der Waals surface area (Å²) < 4.78 is 4.57. The largest absolute Gasteiger partial charge is 0.480 e. The lowest BCUT2D eigenvalue weighted by molar-refractivity contribution is -0.151. The van der Waals surface area contributed by atoms with E-state index in [2.05, 4.69) is 18.6 Å². The van der Waals surface area contributed by atoms with Gasteiger partial charge in [0.05, 0.1) is 25.6 Å². The van der Waals surface area contributed by atoms with Crippen LogP contribution < -0.4 is 0 Å². The molecule has 0 amide bonds. The summed E-state index contributed by atoms with van der Waals surface area (Å²) in [5, 5.41) is 17.6. The van der Waals surface area contributed by atoms with Gasteiger partial charge in [-0.25, -0.2) is 0 Å². The molecule has 29 heavy (non-hydrogen) atoms. The van der Waals surface area contributed by atoms with Crippen LogP contribution in [0.1, 0.15) is 64.5 Å². The number of hydrogen-bond donors (Lipinski definition) is 2. The normalized spacial score (nSPS) is 12.0. The number of carbonyl (C=O) groups is 3. The van der Waals surface area contributed by atoms with E-state index in [1.807, 2.05) is 45.0 Å². The van der Waals surface area contributed by atoms with Gasteiger partial charge in [-0.05, 0) is 43.7 Å². The van der Waals surface area contributed by atoms with Crippen molar-refractivity contribution in [2.45, 2.75) is 59.9 Å². The van der Waals surface area contributed by atoms with Gasteiger partial charge in [-0.1, -0.05) is 45.0 Å². The van der Waals surface area contributed by atoms with E-state index in [1.54, 1.807) is 0 Å². The number of carboxylic acid groups (broad SMARTS) is 2. The average Bonchev–Trinajstić information content (AvgIpc) is 2.66. The maximum absolute atomic E-state index is 10.8. The highest BCUT2D eigenvalue weighted by Gasteiger charge is 2.25. The Bertz CT molecular complexity index is 638. The summed E-state index contributed by atoms with van der Waals surface area (Å²) >= 11 is 0. The van der Waals surface area contributed by atoms with Crippen molar-refractivity contribution in [2.75, 3.05) is 20.2 Å². The highest BCUT2D eigenvalue weighted by Crippen LogP contribution is 2.20. The Morgan fingerprint density at radius 2 is 1.52 bits per heavy atom. The Balaban J connectivity index is 0.000000734. The zero-order valence-corrected chi connectivity index (χ0v) is 18.4. The first-order chi connectivity index (χ1) is 13.5. The van der Waals surface area contributed by atoms with Crippen molar-refractivity contribution in [3.05, 3.63) is 35.4 Å². The number of carbonyl (C=O) groups excluding carboxylic acids is 1. The zero-order chi connectivity index (χ0) is 22.6. The first kappa shape index (κ1) is 26.6. The standard InChI is InChI=1S/C15H21NO4.C7H14O2/c1-3-11(2)13-6-4-12(5-7-13)8-16(9-14(17)18)10-15(19)20;1-5-7(2,3)6(8)9-4/h4-7,11H,3,8-10H2,1-2H3,(H,17,18)(H,19,20);5H2,1-4H3. The van der Waals surface area contributed by atoms with E-state index in [9.17, 15) is 14.4 Å². The minimum Gasteiger partial charge on any atom is -0.480 e. The summed E-state index contributed by atoms with van der Waals surface area (Å²) in [6.45, 7) is 9.75. The van der Waals surface area contributed by atoms with Gasteiger partial charge in [0.2, 0.25) is 0 Å². The third kappa shape index (κ3) is 10.6. The number of esters is 1. The maximum atomic E-state index is 10.8. The van der Waals surface area contributed by atoms with E-state index in [4.69, 9.17) is 10.2 Å². The lowest BCUT2D eigenvalue weighted by Crippen LogP contribution is -2.33. The average molecular weight is 410 g/mol. The Morgan fingerprint density at radius 1 is 1.03 bits per heavy atom. The quantitative estimate of drug-likeness (QED) is 0.567. The molecule has 7 nitrogen and oxygen atoms in total. The number of rotatable bonds is 10. The second-order valence-corrected chi connectivity index (χ2v) is 7.71. The van der Waals surface area contributed by atoms with Gasteiger partial charge in [-0.15, -0.1) is 0 Å². The molecule has 0 bridgehead atoms. The highest BCUT2D eigenvalue weighted by atomic mass is 16.5. The molecule has 0 spiro atoms. The monoisotopic (exact) mass is 409 g/mol. The summed E-state index contributed by atoms with van der Waals surface area (Å²) in [5.41, 5.74) is 1.84. The van der Waals surface area contributed by atoms with Gasteiger partial charge in [0, 0.05) is 6.54 Å². The van der Waals surface area contributed by atoms with E-state index in [1.165, 1.54) is 17.6 Å². The molecule has 164 valence electrons. The van der Waals surface area contributed by atoms with Crippen LogP contribution >= 0.6 is 0 Å². The van der Waals surface area contributed by atoms with Crippen LogP contribution in [0.25, 0.3) is 0 Å². The van der Waals surface area contributed by atoms with Gasteiger partial charge < -0.3 is 14.9 Å². The third-order valence-electron chi connectivity index (χ3n) is 4.91. The maximum Gasteiger partial charge on any atom is 0.317 e. The van der Waals surface area contributed by atoms with Crippen LogP contribution in [0.2, 0.25) is 0 Å². The highest BCUT2D eigenvalue weighted by molar-refractivity contribution is 5.75. The molecule has 2 N–H and O–H groups in total. The topological polar surface area (TPSA) is 104 Å². The Hall–Kier alpha value is -2.41. The molecule has 0 aliphatic rings. The van der Waals surface area contributed by atoms with Crippen LogP contribution in [0.5, 0.6) is 0 Å². The predicted molar refractivity (Wildman–Crippen MR) is 112 cm³/mol. The number of nitrogens with zero attached hydrogens (tertiary/aromatic N) is 1. The molecule has 0 aliphatic carbocycles. The number of aliphatic carboxylic acids is 2. The molecule has 0 saturated heterocycles. The van der Waals surface area contributed by atoms with Crippen LogP contribution in [-0.4, -0.2) is 53.2 Å². The number of benzene rings is 1. The Kier molecular flexibility index (Phi) is 11.9. The van der Waals surface area contributed by atoms with Gasteiger partial charge in [0.25, 0.3) is 0 Å². The number of methoxy groups -OCH3 is 1. The number of hydrogen-bond acceptors (Lipinski definition) is 5. The second-order valence-electron chi connectivity index (χ2n) is 7.71. The number of ether oxygens (including phenoxy) is 1. The molecule has 1 aromatic rings. The summed E-state index contributed by atoms with van der Waals surface area (Å²) in [7, 11) is 1.42. The molecule has 0 fully saturated rings. The molecule has 0 saturated carbocycles. The zero-order valence-electron chi connectivity index (χ0n) is 18.4. The van der Waals surface area contributed by atoms with Gasteiger partial charge >= 0.3 is 17.9 Å². The minimum atomic E-state index is -1.03. The van der Waals surface area contributed by atoms with Crippen LogP contribution in [0, 0.1) is 5.41 Å². The van der Waals surface area contributed by atoms with Crippen LogP contribution in [0.15, 0.2) is 24.3 Å². The number of carboxylic acids is 2.